The molecule has 0 aliphatic rings. The number of pyridine rings is 1. The molecule has 4 aromatic rings. The largest absolute Gasteiger partial charge is 0.260 e. The molecule has 3 nitrogen and oxygen atoms in total. The van der Waals surface area contributed by atoms with Gasteiger partial charge in [0.1, 0.15) is 0 Å². The Kier molecular flexibility index (Phi) is 17.6. The first kappa shape index (κ1) is 53.8. The lowest BCUT2D eigenvalue weighted by atomic mass is 9.73. The van der Waals surface area contributed by atoms with Gasteiger partial charge >= 0.3 is 0 Å². The second kappa shape index (κ2) is 19.7. The topological polar surface area (TPSA) is 41.0 Å². The highest BCUT2D eigenvalue weighted by Crippen LogP contribution is 2.38. The third kappa shape index (κ3) is 16.0. The molecule has 0 unspecified atom stereocenters. The van der Waals surface area contributed by atoms with Gasteiger partial charge in [0.25, 0.3) is 0 Å². The van der Waals surface area contributed by atoms with Gasteiger partial charge in [0.2, 0.25) is 0 Å². The summed E-state index contributed by atoms with van der Waals surface area (Å²) >= 11 is 0. The molecule has 0 saturated heterocycles. The zero-order valence-electron chi connectivity index (χ0n) is 42.8. The number of rotatable bonds is 0. The lowest BCUT2D eigenvalue weighted by molar-refractivity contribution is 0.514. The molecule has 0 atom stereocenters. The van der Waals surface area contributed by atoms with E-state index < -0.39 is 0 Å². The van der Waals surface area contributed by atoms with E-state index in [0.717, 1.165) is 11.3 Å². The van der Waals surface area contributed by atoms with Crippen molar-refractivity contribution in [1.82, 2.24) is 4.98 Å². The molecular formula is C57H85N3. The second-order valence-electron chi connectivity index (χ2n) is 24.6. The van der Waals surface area contributed by atoms with Gasteiger partial charge in [-0.15, -0.1) is 0 Å². The number of nitriles is 1. The van der Waals surface area contributed by atoms with E-state index in [9.17, 15) is 5.26 Å². The Morgan fingerprint density at radius 3 is 1.13 bits per heavy atom. The molecule has 0 radical (unpaired) electrons. The number of benzene rings is 3. The maximum atomic E-state index is 9.22. The van der Waals surface area contributed by atoms with Crippen LogP contribution in [0.2, 0.25) is 0 Å². The molecule has 0 spiro atoms. The average Bonchev–Trinajstić information content (AvgIpc) is 3.09. The SMILES string of the molecule is CC(C)(C)c1cccc(C#N)c1C(C)(C)C.CC(C)(C)c1ccccc1C(C)(C)C.CC(C)(C)c1cccnc1C(C)(C)C.[C-]#[N+]c1ccc(C(C)(C)C)c(C(C)(C)C)c1. The maximum absolute atomic E-state index is 9.22. The van der Waals surface area contributed by atoms with E-state index in [2.05, 4.69) is 225 Å². The molecule has 60 heavy (non-hydrogen) atoms. The fourth-order valence-electron chi connectivity index (χ4n) is 7.35. The summed E-state index contributed by atoms with van der Waals surface area (Å²) in [6.07, 6.45) is 1.88. The van der Waals surface area contributed by atoms with E-state index in [-0.39, 0.29) is 43.3 Å². The first-order chi connectivity index (χ1) is 26.8. The fraction of sp³-hybridized carbons (Fsp3) is 0.561. The third-order valence-corrected chi connectivity index (χ3v) is 10.4. The number of hydrogen-bond acceptors (Lipinski definition) is 2. The quantitative estimate of drug-likeness (QED) is 0.166. The summed E-state index contributed by atoms with van der Waals surface area (Å²) in [5.41, 5.74) is 13.2. The van der Waals surface area contributed by atoms with Gasteiger partial charge in [0.15, 0.2) is 5.69 Å². The second-order valence-corrected chi connectivity index (χ2v) is 24.6. The summed E-state index contributed by atoms with van der Waals surface area (Å²) in [5, 5.41) is 9.22. The van der Waals surface area contributed by atoms with Crippen molar-refractivity contribution in [3.8, 4) is 6.07 Å². The van der Waals surface area contributed by atoms with Crippen LogP contribution in [0, 0.1) is 17.9 Å². The molecule has 0 N–H and O–H groups in total. The monoisotopic (exact) mass is 812 g/mol. The molecule has 1 aromatic heterocycles. The summed E-state index contributed by atoms with van der Waals surface area (Å²) < 4.78 is 0. The molecular weight excluding hydrogens is 727 g/mol. The van der Waals surface area contributed by atoms with Gasteiger partial charge in [-0.1, -0.05) is 227 Å². The Hall–Kier alpha value is -4.21. The molecule has 3 aromatic carbocycles. The van der Waals surface area contributed by atoms with Crippen LogP contribution in [-0.2, 0) is 43.3 Å². The van der Waals surface area contributed by atoms with Crippen LogP contribution in [0.4, 0.5) is 5.69 Å². The Morgan fingerprint density at radius 2 is 0.800 bits per heavy atom. The van der Waals surface area contributed by atoms with Gasteiger partial charge in [-0.25, -0.2) is 4.85 Å². The van der Waals surface area contributed by atoms with E-state index in [4.69, 9.17) is 6.57 Å². The predicted octanol–water partition coefficient (Wildman–Crippen LogP) is 16.9. The standard InChI is InChI=1S/2C15H21N.C14H22.C13H21N/c1-14(2,3)12-9-8-11(16-7)10-13(12)15(4,5)6;1-14(2,3)12-9-7-8-11(10-16)13(12)15(4,5)6;1-13(2,3)11-9-7-8-10-12(11)14(4,5)6;1-12(2,3)10-8-7-9-14-11(10)13(4,5)6/h8-10H,1-6H3;7-9H,1-6H3;7-10H,1-6H3;7-9H,1-6H3. The van der Waals surface area contributed by atoms with E-state index >= 15 is 0 Å². The van der Waals surface area contributed by atoms with Gasteiger partial charge < -0.3 is 0 Å². The van der Waals surface area contributed by atoms with Gasteiger partial charge in [-0.05, 0) is 89.0 Å². The van der Waals surface area contributed by atoms with Crippen LogP contribution in [0.25, 0.3) is 4.85 Å². The van der Waals surface area contributed by atoms with E-state index in [1.807, 2.05) is 36.5 Å². The van der Waals surface area contributed by atoms with Crippen molar-refractivity contribution >= 4 is 5.69 Å². The van der Waals surface area contributed by atoms with Crippen LogP contribution in [0.3, 0.4) is 0 Å². The minimum Gasteiger partial charge on any atom is -0.260 e. The lowest BCUT2D eigenvalue weighted by Gasteiger charge is -2.30. The first-order valence-electron chi connectivity index (χ1n) is 21.9. The highest BCUT2D eigenvalue weighted by atomic mass is 14.7. The van der Waals surface area contributed by atoms with Crippen molar-refractivity contribution in [2.75, 3.05) is 0 Å². The summed E-state index contributed by atoms with van der Waals surface area (Å²) in [6.45, 7) is 60.4. The van der Waals surface area contributed by atoms with Crippen LogP contribution in [0.1, 0.15) is 216 Å². The molecule has 3 heteroatoms. The van der Waals surface area contributed by atoms with Crippen molar-refractivity contribution in [3.05, 3.63) is 141 Å². The minimum absolute atomic E-state index is 0.00887. The fourth-order valence-corrected chi connectivity index (χ4v) is 7.35. The molecule has 0 bridgehead atoms. The molecule has 0 aliphatic carbocycles. The van der Waals surface area contributed by atoms with E-state index in [1.165, 1.54) is 44.6 Å². The van der Waals surface area contributed by atoms with Crippen LogP contribution >= 0.6 is 0 Å². The van der Waals surface area contributed by atoms with Crippen molar-refractivity contribution in [1.29, 1.82) is 5.26 Å². The number of aromatic nitrogens is 1. The summed E-state index contributed by atoms with van der Waals surface area (Å²) in [5.74, 6) is 0. The first-order valence-corrected chi connectivity index (χ1v) is 21.9. The zero-order valence-corrected chi connectivity index (χ0v) is 42.8. The van der Waals surface area contributed by atoms with Crippen LogP contribution in [0.15, 0.2) is 79.0 Å². The molecule has 0 fully saturated rings. The summed E-state index contributed by atoms with van der Waals surface area (Å²) in [7, 11) is 0. The Morgan fingerprint density at radius 1 is 0.417 bits per heavy atom. The Balaban J connectivity index is 0.000000401. The molecule has 1 heterocycles. The van der Waals surface area contributed by atoms with Gasteiger partial charge in [0, 0.05) is 17.3 Å². The van der Waals surface area contributed by atoms with Gasteiger partial charge in [0.05, 0.1) is 18.2 Å². The normalized spacial score (nSPS) is 12.6. The molecule has 328 valence electrons. The van der Waals surface area contributed by atoms with Gasteiger partial charge in [-0.3, -0.25) is 4.98 Å². The smallest absolute Gasteiger partial charge is 0.187 e. The predicted molar refractivity (Wildman–Crippen MR) is 264 cm³/mol. The Labute approximate surface area is 370 Å². The third-order valence-electron chi connectivity index (χ3n) is 10.4. The van der Waals surface area contributed by atoms with E-state index in [0.29, 0.717) is 0 Å². The Bertz CT molecular complexity index is 1930. The minimum atomic E-state index is 0.00887. The summed E-state index contributed by atoms with van der Waals surface area (Å²) in [6, 6.07) is 27.4. The van der Waals surface area contributed by atoms with Crippen LogP contribution in [0.5, 0.6) is 0 Å². The van der Waals surface area contributed by atoms with Crippen molar-refractivity contribution < 1.29 is 0 Å². The molecule has 0 saturated carbocycles. The number of hydrogen-bond donors (Lipinski definition) is 0. The number of nitrogens with zero attached hydrogens (tertiary/aromatic N) is 3. The molecule has 0 aliphatic heterocycles. The maximum Gasteiger partial charge on any atom is 0.187 e. The molecule has 0 amide bonds. The average molecular weight is 812 g/mol. The highest BCUT2D eigenvalue weighted by molar-refractivity contribution is 5.53. The lowest BCUT2D eigenvalue weighted by Crippen LogP contribution is -2.23. The molecule has 4 rings (SSSR count). The van der Waals surface area contributed by atoms with Crippen molar-refractivity contribution in [3.63, 3.8) is 0 Å². The summed E-state index contributed by atoms with van der Waals surface area (Å²) in [4.78, 5) is 8.03. The zero-order chi connectivity index (χ0) is 47.1. The van der Waals surface area contributed by atoms with Crippen LogP contribution < -0.4 is 0 Å². The highest BCUT2D eigenvalue weighted by Gasteiger charge is 2.29. The van der Waals surface area contributed by atoms with Crippen molar-refractivity contribution in [2.24, 2.45) is 0 Å². The van der Waals surface area contributed by atoms with Crippen LogP contribution in [-0.4, -0.2) is 4.98 Å². The van der Waals surface area contributed by atoms with Crippen molar-refractivity contribution in [2.45, 2.75) is 209 Å². The van der Waals surface area contributed by atoms with E-state index in [1.54, 1.807) is 0 Å². The van der Waals surface area contributed by atoms with Gasteiger partial charge in [-0.2, -0.15) is 5.26 Å².